The van der Waals surface area contributed by atoms with Crippen molar-refractivity contribution in [3.05, 3.63) is 80.2 Å². The number of halogens is 3. The van der Waals surface area contributed by atoms with Crippen LogP contribution in [0.1, 0.15) is 22.3 Å². The molecule has 6 nitrogen and oxygen atoms in total. The first-order valence-electron chi connectivity index (χ1n) is 10.5. The molecule has 3 aromatic carbocycles. The van der Waals surface area contributed by atoms with Crippen LogP contribution in [-0.2, 0) is 11.3 Å². The summed E-state index contributed by atoms with van der Waals surface area (Å²) in [5.41, 5.74) is 1.27. The maximum atomic E-state index is 13.1. The molecular formula is C25H22BrCl2NO5. The van der Waals surface area contributed by atoms with Gasteiger partial charge in [0.05, 0.1) is 35.4 Å². The Balaban J connectivity index is 1.58. The fourth-order valence-electron chi connectivity index (χ4n) is 3.41. The lowest BCUT2D eigenvalue weighted by Crippen LogP contribution is -2.35. The van der Waals surface area contributed by atoms with Crippen molar-refractivity contribution in [1.82, 2.24) is 5.32 Å². The largest absolute Gasteiger partial charge is 0.497 e. The van der Waals surface area contributed by atoms with Crippen LogP contribution in [-0.4, -0.2) is 32.3 Å². The lowest BCUT2D eigenvalue weighted by Gasteiger charge is -2.17. The summed E-state index contributed by atoms with van der Waals surface area (Å²) in [5.74, 6) is 1.60. The van der Waals surface area contributed by atoms with Crippen molar-refractivity contribution in [2.75, 3.05) is 20.3 Å². The summed E-state index contributed by atoms with van der Waals surface area (Å²) in [6.07, 6.45) is 0.758. The average Bonchev–Trinajstić information content (AvgIpc) is 3.33. The van der Waals surface area contributed by atoms with Crippen molar-refractivity contribution in [2.45, 2.75) is 19.1 Å². The number of methoxy groups -OCH3 is 1. The summed E-state index contributed by atoms with van der Waals surface area (Å²) in [5, 5.41) is 3.68. The molecule has 1 heterocycles. The number of ether oxygens (including phenoxy) is 4. The van der Waals surface area contributed by atoms with Crippen LogP contribution in [0.4, 0.5) is 0 Å². The molecule has 34 heavy (non-hydrogen) atoms. The Morgan fingerprint density at radius 3 is 2.44 bits per heavy atom. The predicted molar refractivity (Wildman–Crippen MR) is 135 cm³/mol. The van der Waals surface area contributed by atoms with E-state index in [1.807, 2.05) is 24.3 Å². The van der Waals surface area contributed by atoms with Gasteiger partial charge < -0.3 is 24.3 Å². The van der Waals surface area contributed by atoms with Crippen LogP contribution in [0.3, 0.4) is 0 Å². The summed E-state index contributed by atoms with van der Waals surface area (Å²) in [6.45, 7) is 1.38. The standard InChI is InChI=1S/C25H22BrCl2NO5/c1-31-18-4-2-15(3-5-18)13-33-23-7-6-19(34-24-21(27)10-16(26)11-22(24)28)12-20(23)25(30)29-17-8-9-32-14-17/h2-7,10-12,17H,8-9,13-14H2,1H3,(H,29,30). The Morgan fingerprint density at radius 2 is 1.79 bits per heavy atom. The lowest BCUT2D eigenvalue weighted by molar-refractivity contribution is 0.0925. The number of amides is 1. The van der Waals surface area contributed by atoms with E-state index >= 15 is 0 Å². The molecule has 0 aliphatic carbocycles. The smallest absolute Gasteiger partial charge is 0.255 e. The number of carbonyl (C=O) groups is 1. The third-order valence-electron chi connectivity index (χ3n) is 5.20. The molecule has 178 valence electrons. The van der Waals surface area contributed by atoms with Gasteiger partial charge in [-0.1, -0.05) is 51.3 Å². The number of hydrogen-bond acceptors (Lipinski definition) is 5. The Kier molecular flexibility index (Phi) is 8.21. The maximum absolute atomic E-state index is 13.1. The van der Waals surface area contributed by atoms with Gasteiger partial charge in [-0.05, 0) is 54.4 Å². The van der Waals surface area contributed by atoms with Gasteiger partial charge in [0.15, 0.2) is 5.75 Å². The minimum Gasteiger partial charge on any atom is -0.497 e. The molecule has 1 aliphatic rings. The van der Waals surface area contributed by atoms with E-state index in [1.54, 1.807) is 37.4 Å². The molecule has 1 fully saturated rings. The number of rotatable bonds is 8. The average molecular weight is 567 g/mol. The molecule has 1 aliphatic heterocycles. The molecule has 4 rings (SSSR count). The van der Waals surface area contributed by atoms with Crippen molar-refractivity contribution in [3.63, 3.8) is 0 Å². The van der Waals surface area contributed by atoms with Gasteiger partial charge in [0.25, 0.3) is 5.91 Å². The number of carbonyl (C=O) groups excluding carboxylic acids is 1. The van der Waals surface area contributed by atoms with Crippen LogP contribution >= 0.6 is 39.1 Å². The van der Waals surface area contributed by atoms with Crippen molar-refractivity contribution >= 4 is 45.0 Å². The van der Waals surface area contributed by atoms with Gasteiger partial charge in [-0.25, -0.2) is 0 Å². The highest BCUT2D eigenvalue weighted by Crippen LogP contribution is 2.39. The van der Waals surface area contributed by atoms with Crippen LogP contribution in [0.2, 0.25) is 10.0 Å². The summed E-state index contributed by atoms with van der Waals surface area (Å²) < 4.78 is 23.2. The minimum atomic E-state index is -0.279. The predicted octanol–water partition coefficient (Wildman–Crippen LogP) is 6.65. The van der Waals surface area contributed by atoms with E-state index in [2.05, 4.69) is 21.2 Å². The topological polar surface area (TPSA) is 66.0 Å². The van der Waals surface area contributed by atoms with Crippen molar-refractivity contribution in [2.24, 2.45) is 0 Å². The molecule has 9 heteroatoms. The zero-order valence-corrected chi connectivity index (χ0v) is 21.4. The van der Waals surface area contributed by atoms with Crippen LogP contribution in [0.5, 0.6) is 23.0 Å². The fraction of sp³-hybridized carbons (Fsp3) is 0.240. The summed E-state index contributed by atoms with van der Waals surface area (Å²) >= 11 is 16.0. The van der Waals surface area contributed by atoms with Crippen LogP contribution in [0.15, 0.2) is 59.1 Å². The molecular weight excluding hydrogens is 545 g/mol. The van der Waals surface area contributed by atoms with Crippen LogP contribution in [0.25, 0.3) is 0 Å². The zero-order chi connectivity index (χ0) is 24.1. The molecule has 3 aromatic rings. The molecule has 1 unspecified atom stereocenters. The Hall–Kier alpha value is -2.45. The van der Waals surface area contributed by atoms with E-state index in [1.165, 1.54) is 0 Å². The van der Waals surface area contributed by atoms with E-state index in [-0.39, 0.29) is 18.6 Å². The SMILES string of the molecule is COc1ccc(COc2ccc(Oc3c(Cl)cc(Br)cc3Cl)cc2C(=O)NC2CCOC2)cc1. The molecule has 1 N–H and O–H groups in total. The van der Waals surface area contributed by atoms with Crippen molar-refractivity contribution in [1.29, 1.82) is 0 Å². The second-order valence-corrected chi connectivity index (χ2v) is 9.36. The van der Waals surface area contributed by atoms with Gasteiger partial charge in [0, 0.05) is 11.1 Å². The highest BCUT2D eigenvalue weighted by Gasteiger charge is 2.22. The molecule has 0 spiro atoms. The third-order valence-corrected chi connectivity index (χ3v) is 6.22. The fourth-order valence-corrected chi connectivity index (χ4v) is 4.70. The summed E-state index contributed by atoms with van der Waals surface area (Å²) in [4.78, 5) is 13.1. The lowest BCUT2D eigenvalue weighted by atomic mass is 10.1. The van der Waals surface area contributed by atoms with E-state index < -0.39 is 0 Å². The number of hydrogen-bond donors (Lipinski definition) is 1. The van der Waals surface area contributed by atoms with Crippen molar-refractivity contribution < 1.29 is 23.7 Å². The van der Waals surface area contributed by atoms with Gasteiger partial charge in [-0.3, -0.25) is 4.79 Å². The molecule has 1 saturated heterocycles. The highest BCUT2D eigenvalue weighted by atomic mass is 79.9. The van der Waals surface area contributed by atoms with Gasteiger partial charge in [-0.2, -0.15) is 0 Å². The number of nitrogens with one attached hydrogen (secondary N) is 1. The second-order valence-electron chi connectivity index (χ2n) is 7.63. The first kappa shape index (κ1) is 24.7. The van der Waals surface area contributed by atoms with E-state index in [4.69, 9.17) is 42.1 Å². The Bertz CT molecular complexity index is 1140. The Labute approximate surface area is 216 Å². The van der Waals surface area contributed by atoms with E-state index in [0.717, 1.165) is 22.2 Å². The first-order valence-corrected chi connectivity index (χ1v) is 12.1. The normalized spacial score (nSPS) is 15.1. The molecule has 0 saturated carbocycles. The Morgan fingerprint density at radius 1 is 1.09 bits per heavy atom. The first-order chi connectivity index (χ1) is 16.4. The molecule has 0 aromatic heterocycles. The minimum absolute atomic E-state index is 0.0538. The highest BCUT2D eigenvalue weighted by molar-refractivity contribution is 9.10. The molecule has 0 bridgehead atoms. The monoisotopic (exact) mass is 565 g/mol. The van der Waals surface area contributed by atoms with E-state index in [0.29, 0.717) is 46.1 Å². The van der Waals surface area contributed by atoms with Crippen LogP contribution < -0.4 is 19.5 Å². The van der Waals surface area contributed by atoms with Gasteiger partial charge in [0.2, 0.25) is 0 Å². The summed E-state index contributed by atoms with van der Waals surface area (Å²) in [6, 6.07) is 15.8. The number of benzene rings is 3. The van der Waals surface area contributed by atoms with Crippen LogP contribution in [0, 0.1) is 0 Å². The van der Waals surface area contributed by atoms with Gasteiger partial charge in [0.1, 0.15) is 23.9 Å². The van der Waals surface area contributed by atoms with Gasteiger partial charge in [-0.15, -0.1) is 0 Å². The second kappa shape index (κ2) is 11.3. The summed E-state index contributed by atoms with van der Waals surface area (Å²) in [7, 11) is 1.62. The van der Waals surface area contributed by atoms with Gasteiger partial charge >= 0.3 is 0 Å². The third kappa shape index (κ3) is 6.16. The molecule has 1 atom stereocenters. The van der Waals surface area contributed by atoms with Crippen molar-refractivity contribution in [3.8, 4) is 23.0 Å². The maximum Gasteiger partial charge on any atom is 0.255 e. The quantitative estimate of drug-likeness (QED) is 0.330. The molecule has 0 radical (unpaired) electrons. The molecule has 1 amide bonds. The van der Waals surface area contributed by atoms with E-state index in [9.17, 15) is 4.79 Å². The zero-order valence-electron chi connectivity index (χ0n) is 18.3.